The Morgan fingerprint density at radius 3 is 2.86 bits per heavy atom. The van der Waals surface area contributed by atoms with Gasteiger partial charge in [0.15, 0.2) is 5.96 Å². The van der Waals surface area contributed by atoms with E-state index in [0.29, 0.717) is 19.0 Å². The molecule has 0 aliphatic heterocycles. The second-order valence-corrected chi connectivity index (χ2v) is 4.26. The summed E-state index contributed by atoms with van der Waals surface area (Å²) < 4.78 is 13.1. The smallest absolute Gasteiger partial charge is 0.191 e. The minimum atomic E-state index is -0.242. The van der Waals surface area contributed by atoms with Crippen LogP contribution < -0.4 is 10.6 Å². The van der Waals surface area contributed by atoms with Gasteiger partial charge in [-0.3, -0.25) is 5.10 Å². The Morgan fingerprint density at radius 2 is 2.19 bits per heavy atom. The lowest BCUT2D eigenvalue weighted by molar-refractivity contribution is 0.625. The molecule has 2 rings (SSSR count). The predicted molar refractivity (Wildman–Crippen MR) is 92.1 cm³/mol. The number of nitrogens with zero attached hydrogens (tertiary/aromatic N) is 2. The molecule has 5 nitrogen and oxygen atoms in total. The van der Waals surface area contributed by atoms with E-state index in [9.17, 15) is 4.39 Å². The van der Waals surface area contributed by atoms with Crippen molar-refractivity contribution < 1.29 is 4.39 Å². The van der Waals surface area contributed by atoms with Crippen LogP contribution in [0.25, 0.3) is 0 Å². The summed E-state index contributed by atoms with van der Waals surface area (Å²) in [5, 5.41) is 13.1. The summed E-state index contributed by atoms with van der Waals surface area (Å²) in [6.45, 7) is 3.79. The molecule has 0 fully saturated rings. The molecule has 0 saturated carbocycles. The lowest BCUT2D eigenvalue weighted by Crippen LogP contribution is -2.36. The monoisotopic (exact) mass is 403 g/mol. The number of aromatic nitrogens is 2. The number of hydrogen-bond acceptors (Lipinski definition) is 2. The van der Waals surface area contributed by atoms with Gasteiger partial charge in [0, 0.05) is 12.7 Å². The highest BCUT2D eigenvalue weighted by Gasteiger charge is 1.99. The van der Waals surface area contributed by atoms with Gasteiger partial charge >= 0.3 is 0 Å². The molecule has 0 bridgehead atoms. The first-order chi connectivity index (χ1) is 9.78. The van der Waals surface area contributed by atoms with Crippen LogP contribution in [0.5, 0.6) is 0 Å². The van der Waals surface area contributed by atoms with Crippen molar-refractivity contribution in [1.29, 1.82) is 0 Å². The van der Waals surface area contributed by atoms with Gasteiger partial charge in [0.25, 0.3) is 0 Å². The summed E-state index contributed by atoms with van der Waals surface area (Å²) in [6, 6.07) is 8.34. The largest absolute Gasteiger partial charge is 0.357 e. The van der Waals surface area contributed by atoms with Gasteiger partial charge in [-0.05, 0) is 30.7 Å². The number of hydrogen-bond donors (Lipinski definition) is 3. The maximum atomic E-state index is 13.1. The molecule has 3 N–H and O–H groups in total. The van der Waals surface area contributed by atoms with Crippen molar-refractivity contribution in [2.75, 3.05) is 6.54 Å². The summed E-state index contributed by atoms with van der Waals surface area (Å²) in [5.74, 6) is 0.444. The molecular weight excluding hydrogens is 384 g/mol. The first-order valence-electron chi connectivity index (χ1n) is 6.53. The fourth-order valence-electron chi connectivity index (χ4n) is 1.71. The van der Waals surface area contributed by atoms with E-state index in [1.54, 1.807) is 12.3 Å². The van der Waals surface area contributed by atoms with Crippen LogP contribution in [0.1, 0.15) is 18.2 Å². The molecule has 0 aliphatic carbocycles. The second kappa shape index (κ2) is 9.32. The van der Waals surface area contributed by atoms with E-state index in [2.05, 4.69) is 25.8 Å². The molecule has 0 saturated heterocycles. The van der Waals surface area contributed by atoms with Crippen molar-refractivity contribution in [3.05, 3.63) is 53.6 Å². The van der Waals surface area contributed by atoms with Crippen molar-refractivity contribution in [3.8, 4) is 0 Å². The number of benzene rings is 1. The Labute approximate surface area is 140 Å². The number of H-pyrrole nitrogens is 1. The highest BCUT2D eigenvalue weighted by atomic mass is 127. The van der Waals surface area contributed by atoms with E-state index >= 15 is 0 Å². The number of aromatic amines is 1. The van der Waals surface area contributed by atoms with Crippen molar-refractivity contribution >= 4 is 29.9 Å². The predicted octanol–water partition coefficient (Wildman–Crippen LogP) is 2.42. The first kappa shape index (κ1) is 17.4. The molecule has 0 unspecified atom stereocenters. The van der Waals surface area contributed by atoms with E-state index in [1.165, 1.54) is 12.1 Å². The molecule has 0 radical (unpaired) electrons. The van der Waals surface area contributed by atoms with E-state index < -0.39 is 0 Å². The average molecular weight is 403 g/mol. The average Bonchev–Trinajstić information content (AvgIpc) is 2.95. The number of guanidine groups is 1. The number of rotatable bonds is 5. The van der Waals surface area contributed by atoms with Gasteiger partial charge in [-0.2, -0.15) is 5.10 Å². The van der Waals surface area contributed by atoms with Crippen LogP contribution in [0.15, 0.2) is 41.5 Å². The summed E-state index contributed by atoms with van der Waals surface area (Å²) in [7, 11) is 0. The zero-order valence-electron chi connectivity index (χ0n) is 11.8. The van der Waals surface area contributed by atoms with Gasteiger partial charge in [0.05, 0.1) is 18.8 Å². The molecule has 7 heteroatoms. The Kier molecular flexibility index (Phi) is 7.73. The molecule has 1 aromatic carbocycles. The summed E-state index contributed by atoms with van der Waals surface area (Å²) in [4.78, 5) is 4.42. The van der Waals surface area contributed by atoms with Gasteiger partial charge in [0.2, 0.25) is 0 Å². The lowest BCUT2D eigenvalue weighted by atomic mass is 10.2. The normalized spacial score (nSPS) is 10.9. The Morgan fingerprint density at radius 1 is 1.33 bits per heavy atom. The minimum absolute atomic E-state index is 0. The van der Waals surface area contributed by atoms with E-state index in [-0.39, 0.29) is 29.8 Å². The SMILES string of the molecule is CCNC(=NCc1cccc(F)c1)NCc1ccn[nH]1.I. The van der Waals surface area contributed by atoms with Crippen molar-refractivity contribution in [2.45, 2.75) is 20.0 Å². The topological polar surface area (TPSA) is 65.1 Å². The first-order valence-corrected chi connectivity index (χ1v) is 6.53. The van der Waals surface area contributed by atoms with Gasteiger partial charge in [0.1, 0.15) is 5.82 Å². The molecule has 114 valence electrons. The molecule has 2 aromatic rings. The van der Waals surface area contributed by atoms with Gasteiger partial charge in [-0.25, -0.2) is 9.38 Å². The van der Waals surface area contributed by atoms with E-state index in [0.717, 1.165) is 17.8 Å². The molecular formula is C14H19FIN5. The van der Waals surface area contributed by atoms with Gasteiger partial charge in [-0.15, -0.1) is 24.0 Å². The quantitative estimate of drug-likeness (QED) is 0.408. The number of halogens is 2. The Bertz CT molecular complexity index is 556. The van der Waals surface area contributed by atoms with Crippen LogP contribution in [-0.2, 0) is 13.1 Å². The number of aliphatic imine (C=N–C) groups is 1. The van der Waals surface area contributed by atoms with Gasteiger partial charge in [-0.1, -0.05) is 12.1 Å². The molecule has 0 aliphatic rings. The van der Waals surface area contributed by atoms with Crippen LogP contribution in [0.2, 0.25) is 0 Å². The molecule has 1 heterocycles. The third-order valence-electron chi connectivity index (χ3n) is 2.66. The fourth-order valence-corrected chi connectivity index (χ4v) is 1.71. The van der Waals surface area contributed by atoms with Crippen molar-refractivity contribution in [3.63, 3.8) is 0 Å². The van der Waals surface area contributed by atoms with Gasteiger partial charge < -0.3 is 10.6 Å². The zero-order chi connectivity index (χ0) is 14.2. The summed E-state index contributed by atoms with van der Waals surface area (Å²) in [5.41, 5.74) is 1.81. The lowest BCUT2D eigenvalue weighted by Gasteiger charge is -2.10. The molecule has 0 atom stereocenters. The van der Waals surface area contributed by atoms with Crippen molar-refractivity contribution in [1.82, 2.24) is 20.8 Å². The Balaban J connectivity index is 0.00000220. The van der Waals surface area contributed by atoms with Crippen LogP contribution >= 0.6 is 24.0 Å². The summed E-state index contributed by atoms with van der Waals surface area (Å²) in [6.07, 6.45) is 1.70. The van der Waals surface area contributed by atoms with E-state index in [1.807, 2.05) is 19.1 Å². The number of nitrogens with one attached hydrogen (secondary N) is 3. The Hall–Kier alpha value is -1.64. The van der Waals surface area contributed by atoms with Crippen LogP contribution in [0.3, 0.4) is 0 Å². The molecule has 21 heavy (non-hydrogen) atoms. The maximum Gasteiger partial charge on any atom is 0.191 e. The minimum Gasteiger partial charge on any atom is -0.357 e. The van der Waals surface area contributed by atoms with Crippen LogP contribution in [0.4, 0.5) is 4.39 Å². The summed E-state index contributed by atoms with van der Waals surface area (Å²) >= 11 is 0. The van der Waals surface area contributed by atoms with Crippen LogP contribution in [0, 0.1) is 5.82 Å². The van der Waals surface area contributed by atoms with E-state index in [4.69, 9.17) is 0 Å². The molecule has 0 amide bonds. The highest BCUT2D eigenvalue weighted by molar-refractivity contribution is 14.0. The van der Waals surface area contributed by atoms with Crippen LogP contribution in [-0.4, -0.2) is 22.7 Å². The fraction of sp³-hybridized carbons (Fsp3) is 0.286. The second-order valence-electron chi connectivity index (χ2n) is 4.26. The third-order valence-corrected chi connectivity index (χ3v) is 2.66. The van der Waals surface area contributed by atoms with Crippen molar-refractivity contribution in [2.24, 2.45) is 4.99 Å². The molecule has 0 spiro atoms. The molecule has 1 aromatic heterocycles. The maximum absolute atomic E-state index is 13.1. The standard InChI is InChI=1S/C14H18FN5.HI/c1-2-16-14(18-10-13-6-7-19-20-13)17-9-11-4-3-5-12(15)8-11;/h3-8H,2,9-10H2,1H3,(H,19,20)(H2,16,17,18);1H. The third kappa shape index (κ3) is 6.11. The zero-order valence-corrected chi connectivity index (χ0v) is 14.1. The highest BCUT2D eigenvalue weighted by Crippen LogP contribution is 2.04.